The van der Waals surface area contributed by atoms with E-state index < -0.39 is 5.97 Å². The number of anilines is 1. The van der Waals surface area contributed by atoms with Crippen LogP contribution in [0.1, 0.15) is 22.3 Å². The summed E-state index contributed by atoms with van der Waals surface area (Å²) in [5, 5.41) is 2.77. The smallest absolute Gasteiger partial charge is 0.344 e. The highest BCUT2D eigenvalue weighted by Gasteiger charge is 2.12. The van der Waals surface area contributed by atoms with Crippen molar-refractivity contribution in [2.24, 2.45) is 0 Å². The van der Waals surface area contributed by atoms with Crippen LogP contribution in [0.2, 0.25) is 0 Å². The number of carbonyl (C=O) groups excluding carboxylic acids is 2. The third-order valence-corrected chi connectivity index (χ3v) is 4.01. The van der Waals surface area contributed by atoms with E-state index >= 15 is 0 Å². The van der Waals surface area contributed by atoms with E-state index in [-0.39, 0.29) is 19.1 Å². The molecule has 0 unspecified atom stereocenters. The first-order valence-electron chi connectivity index (χ1n) is 8.09. The van der Waals surface area contributed by atoms with Gasteiger partial charge in [0.1, 0.15) is 5.75 Å². The lowest BCUT2D eigenvalue weighted by atomic mass is 10.1. The van der Waals surface area contributed by atoms with Gasteiger partial charge in [0.15, 0.2) is 13.2 Å². The second-order valence-electron chi connectivity index (χ2n) is 5.96. The van der Waals surface area contributed by atoms with Crippen molar-refractivity contribution in [3.63, 3.8) is 0 Å². The van der Waals surface area contributed by atoms with Crippen molar-refractivity contribution in [2.75, 3.05) is 18.5 Å². The second kappa shape index (κ2) is 8.33. The van der Waals surface area contributed by atoms with Crippen molar-refractivity contribution in [1.29, 1.82) is 0 Å². The zero-order valence-electron chi connectivity index (χ0n) is 15.0. The molecule has 0 heterocycles. The van der Waals surface area contributed by atoms with Gasteiger partial charge in [0.25, 0.3) is 5.91 Å². The Morgan fingerprint density at radius 3 is 2.16 bits per heavy atom. The standard InChI is InChI=1S/C20H23NO4/c1-13-7-6-10-17(16(13)4)24-12-19(23)25-11-18(22)21-20-14(2)8-5-9-15(20)3/h5-10H,11-12H2,1-4H3,(H,21,22). The van der Waals surface area contributed by atoms with Crippen LogP contribution in [0.4, 0.5) is 5.69 Å². The zero-order valence-corrected chi connectivity index (χ0v) is 15.0. The van der Waals surface area contributed by atoms with Crippen molar-refractivity contribution >= 4 is 17.6 Å². The zero-order chi connectivity index (χ0) is 18.4. The molecule has 1 N–H and O–H groups in total. The molecule has 5 nitrogen and oxygen atoms in total. The maximum atomic E-state index is 12.0. The lowest BCUT2D eigenvalue weighted by Gasteiger charge is -2.12. The Morgan fingerprint density at radius 1 is 0.880 bits per heavy atom. The largest absolute Gasteiger partial charge is 0.482 e. The van der Waals surface area contributed by atoms with E-state index in [1.165, 1.54) is 0 Å². The second-order valence-corrected chi connectivity index (χ2v) is 5.96. The molecule has 0 radical (unpaired) electrons. The molecule has 0 aliphatic heterocycles. The van der Waals surface area contributed by atoms with Crippen molar-refractivity contribution in [2.45, 2.75) is 27.7 Å². The summed E-state index contributed by atoms with van der Waals surface area (Å²) in [6.07, 6.45) is 0. The fourth-order valence-electron chi connectivity index (χ4n) is 2.39. The minimum absolute atomic E-state index is 0.235. The minimum Gasteiger partial charge on any atom is -0.482 e. The molecule has 5 heteroatoms. The van der Waals surface area contributed by atoms with E-state index in [0.717, 1.165) is 27.9 Å². The predicted molar refractivity (Wildman–Crippen MR) is 96.9 cm³/mol. The molecule has 0 aliphatic rings. The van der Waals surface area contributed by atoms with Crippen LogP contribution in [-0.4, -0.2) is 25.1 Å². The predicted octanol–water partition coefficient (Wildman–Crippen LogP) is 3.48. The highest BCUT2D eigenvalue weighted by Crippen LogP contribution is 2.21. The average Bonchev–Trinajstić information content (AvgIpc) is 2.58. The molecule has 0 spiro atoms. The van der Waals surface area contributed by atoms with Gasteiger partial charge in [-0.2, -0.15) is 0 Å². The number of rotatable bonds is 6. The van der Waals surface area contributed by atoms with Crippen LogP contribution in [0.3, 0.4) is 0 Å². The molecule has 2 rings (SSSR count). The Hall–Kier alpha value is -2.82. The van der Waals surface area contributed by atoms with Gasteiger partial charge in [-0.1, -0.05) is 30.3 Å². The molecular weight excluding hydrogens is 318 g/mol. The Balaban J connectivity index is 1.81. The van der Waals surface area contributed by atoms with Gasteiger partial charge in [0, 0.05) is 5.69 Å². The SMILES string of the molecule is Cc1cccc(OCC(=O)OCC(=O)Nc2c(C)cccc2C)c1C. The summed E-state index contributed by atoms with van der Waals surface area (Å²) in [6, 6.07) is 11.4. The molecule has 0 atom stereocenters. The molecule has 2 aromatic rings. The first kappa shape index (κ1) is 18.5. The number of benzene rings is 2. The quantitative estimate of drug-likeness (QED) is 0.817. The van der Waals surface area contributed by atoms with E-state index in [0.29, 0.717) is 5.75 Å². The van der Waals surface area contributed by atoms with E-state index in [9.17, 15) is 9.59 Å². The highest BCUT2D eigenvalue weighted by atomic mass is 16.6. The number of para-hydroxylation sites is 1. The summed E-state index contributed by atoms with van der Waals surface area (Å²) in [5.41, 5.74) is 4.72. The van der Waals surface area contributed by atoms with E-state index in [1.807, 2.05) is 58.0 Å². The van der Waals surface area contributed by atoms with Gasteiger partial charge in [0.2, 0.25) is 0 Å². The number of esters is 1. The Kier molecular flexibility index (Phi) is 6.17. The normalized spacial score (nSPS) is 10.2. The van der Waals surface area contributed by atoms with Crippen molar-refractivity contribution < 1.29 is 19.1 Å². The summed E-state index contributed by atoms with van der Waals surface area (Å²) >= 11 is 0. The van der Waals surface area contributed by atoms with Gasteiger partial charge >= 0.3 is 5.97 Å². The van der Waals surface area contributed by atoms with Gasteiger partial charge in [-0.05, 0) is 56.0 Å². The summed E-state index contributed by atoms with van der Waals surface area (Å²) in [5.74, 6) is -0.327. The fraction of sp³-hybridized carbons (Fsp3) is 0.300. The van der Waals surface area contributed by atoms with Crippen molar-refractivity contribution in [1.82, 2.24) is 0 Å². The Labute approximate surface area is 148 Å². The summed E-state index contributed by atoms with van der Waals surface area (Å²) in [6.45, 7) is 7.13. The number of hydrogen-bond acceptors (Lipinski definition) is 4. The minimum atomic E-state index is -0.586. The molecule has 132 valence electrons. The van der Waals surface area contributed by atoms with Crippen molar-refractivity contribution in [3.05, 3.63) is 58.7 Å². The van der Waals surface area contributed by atoms with Crippen LogP contribution in [-0.2, 0) is 14.3 Å². The molecule has 1 amide bonds. The monoisotopic (exact) mass is 341 g/mol. The lowest BCUT2D eigenvalue weighted by Crippen LogP contribution is -2.24. The molecule has 0 saturated heterocycles. The van der Waals surface area contributed by atoms with E-state index in [2.05, 4.69) is 5.32 Å². The highest BCUT2D eigenvalue weighted by molar-refractivity contribution is 5.94. The first-order chi connectivity index (χ1) is 11.9. The molecule has 0 saturated carbocycles. The maximum Gasteiger partial charge on any atom is 0.344 e. The summed E-state index contributed by atoms with van der Waals surface area (Å²) in [4.78, 5) is 23.7. The summed E-state index contributed by atoms with van der Waals surface area (Å²) < 4.78 is 10.4. The maximum absolute atomic E-state index is 12.0. The van der Waals surface area contributed by atoms with Crippen LogP contribution < -0.4 is 10.1 Å². The van der Waals surface area contributed by atoms with Gasteiger partial charge in [0.05, 0.1) is 0 Å². The molecular formula is C20H23NO4. The van der Waals surface area contributed by atoms with Crippen LogP contribution in [0.15, 0.2) is 36.4 Å². The lowest BCUT2D eigenvalue weighted by molar-refractivity contribution is -0.149. The number of nitrogens with one attached hydrogen (secondary N) is 1. The van der Waals surface area contributed by atoms with E-state index in [1.54, 1.807) is 6.07 Å². The van der Waals surface area contributed by atoms with Crippen LogP contribution in [0.5, 0.6) is 5.75 Å². The van der Waals surface area contributed by atoms with Crippen molar-refractivity contribution in [3.8, 4) is 5.75 Å². The summed E-state index contributed by atoms with van der Waals surface area (Å²) in [7, 11) is 0. The number of aryl methyl sites for hydroxylation is 3. The molecule has 25 heavy (non-hydrogen) atoms. The van der Waals surface area contributed by atoms with Gasteiger partial charge < -0.3 is 14.8 Å². The third kappa shape index (κ3) is 5.08. The Morgan fingerprint density at radius 2 is 1.48 bits per heavy atom. The first-order valence-corrected chi connectivity index (χ1v) is 8.09. The fourth-order valence-corrected chi connectivity index (χ4v) is 2.39. The Bertz CT molecular complexity index is 763. The topological polar surface area (TPSA) is 64.6 Å². The van der Waals surface area contributed by atoms with Crippen LogP contribution in [0, 0.1) is 27.7 Å². The number of ether oxygens (including phenoxy) is 2. The number of hydrogen-bond donors (Lipinski definition) is 1. The van der Waals surface area contributed by atoms with Crippen LogP contribution >= 0.6 is 0 Å². The number of carbonyl (C=O) groups is 2. The van der Waals surface area contributed by atoms with Gasteiger partial charge in [-0.25, -0.2) is 4.79 Å². The van der Waals surface area contributed by atoms with E-state index in [4.69, 9.17) is 9.47 Å². The number of amides is 1. The van der Waals surface area contributed by atoms with Gasteiger partial charge in [-0.3, -0.25) is 4.79 Å². The molecule has 0 aliphatic carbocycles. The molecule has 0 aromatic heterocycles. The average molecular weight is 341 g/mol. The third-order valence-electron chi connectivity index (χ3n) is 4.01. The molecule has 2 aromatic carbocycles. The molecule has 0 bridgehead atoms. The molecule has 0 fully saturated rings. The van der Waals surface area contributed by atoms with Gasteiger partial charge in [-0.15, -0.1) is 0 Å². The van der Waals surface area contributed by atoms with Crippen LogP contribution in [0.25, 0.3) is 0 Å².